The van der Waals surface area contributed by atoms with Crippen molar-refractivity contribution in [1.82, 2.24) is 9.88 Å². The van der Waals surface area contributed by atoms with Crippen LogP contribution in [-0.2, 0) is 20.7 Å². The van der Waals surface area contributed by atoms with Crippen LogP contribution < -0.4 is 0 Å². The van der Waals surface area contributed by atoms with Crippen molar-refractivity contribution in [2.45, 2.75) is 18.1 Å². The molecular formula is C22H20FN3O3S. The van der Waals surface area contributed by atoms with Crippen molar-refractivity contribution in [3.63, 3.8) is 0 Å². The minimum atomic E-state index is -0.558. The van der Waals surface area contributed by atoms with Crippen LogP contribution in [0.1, 0.15) is 12.0 Å². The Morgan fingerprint density at radius 2 is 2.07 bits per heavy atom. The van der Waals surface area contributed by atoms with Gasteiger partial charge in [-0.05, 0) is 42.3 Å². The molecule has 1 aliphatic heterocycles. The number of benzene rings is 2. The summed E-state index contributed by atoms with van der Waals surface area (Å²) >= 11 is 1.28. The Hall–Kier alpha value is -3.13. The lowest BCUT2D eigenvalue weighted by Gasteiger charge is -2.16. The van der Waals surface area contributed by atoms with Crippen LogP contribution in [-0.4, -0.2) is 45.8 Å². The molecule has 1 aliphatic rings. The summed E-state index contributed by atoms with van der Waals surface area (Å²) in [5, 5.41) is 0.923. The SMILES string of the molecule is COC(=O)C[C@@H]1SC(=Nc2ccccc2)N(CCc2c[nH]c3cc(F)ccc23)C1=O. The Kier molecular flexibility index (Phi) is 5.85. The topological polar surface area (TPSA) is 74.8 Å². The number of nitrogens with zero attached hydrogens (tertiary/aromatic N) is 2. The lowest BCUT2D eigenvalue weighted by molar-refractivity contribution is -0.142. The van der Waals surface area contributed by atoms with E-state index in [-0.39, 0.29) is 18.1 Å². The van der Waals surface area contributed by atoms with Gasteiger partial charge in [-0.15, -0.1) is 0 Å². The van der Waals surface area contributed by atoms with Gasteiger partial charge in [0.25, 0.3) is 0 Å². The van der Waals surface area contributed by atoms with Gasteiger partial charge in [-0.25, -0.2) is 9.38 Å². The smallest absolute Gasteiger partial charge is 0.307 e. The second-order valence-electron chi connectivity index (χ2n) is 6.86. The van der Waals surface area contributed by atoms with Gasteiger partial charge in [0.15, 0.2) is 5.17 Å². The fourth-order valence-electron chi connectivity index (χ4n) is 3.38. The molecule has 1 atom stereocenters. The van der Waals surface area contributed by atoms with Gasteiger partial charge in [0.05, 0.1) is 19.2 Å². The molecule has 4 rings (SSSR count). The van der Waals surface area contributed by atoms with Crippen molar-refractivity contribution in [3.05, 3.63) is 66.1 Å². The van der Waals surface area contributed by atoms with Gasteiger partial charge in [0.1, 0.15) is 11.1 Å². The molecule has 1 saturated heterocycles. The number of amidine groups is 1. The van der Waals surface area contributed by atoms with Crippen LogP contribution in [0.3, 0.4) is 0 Å². The second kappa shape index (κ2) is 8.71. The molecule has 0 radical (unpaired) electrons. The van der Waals surface area contributed by atoms with E-state index >= 15 is 0 Å². The van der Waals surface area contributed by atoms with E-state index in [2.05, 4.69) is 9.98 Å². The molecule has 1 fully saturated rings. The monoisotopic (exact) mass is 425 g/mol. The average Bonchev–Trinajstić information content (AvgIpc) is 3.27. The van der Waals surface area contributed by atoms with Crippen LogP contribution in [0, 0.1) is 5.82 Å². The van der Waals surface area contributed by atoms with Gasteiger partial charge >= 0.3 is 5.97 Å². The minimum Gasteiger partial charge on any atom is -0.469 e. The highest BCUT2D eigenvalue weighted by atomic mass is 32.2. The van der Waals surface area contributed by atoms with Gasteiger partial charge < -0.3 is 9.72 Å². The molecule has 1 aromatic heterocycles. The zero-order valence-electron chi connectivity index (χ0n) is 16.3. The van der Waals surface area contributed by atoms with Crippen molar-refractivity contribution in [2.24, 2.45) is 4.99 Å². The van der Waals surface area contributed by atoms with E-state index in [4.69, 9.17) is 4.74 Å². The van der Waals surface area contributed by atoms with E-state index in [1.54, 1.807) is 11.0 Å². The van der Waals surface area contributed by atoms with Crippen LogP contribution in [0.2, 0.25) is 0 Å². The molecule has 0 bridgehead atoms. The quantitative estimate of drug-likeness (QED) is 0.605. The number of thioether (sulfide) groups is 1. The molecular weight excluding hydrogens is 405 g/mol. The number of esters is 1. The van der Waals surface area contributed by atoms with Gasteiger partial charge in [0.2, 0.25) is 5.91 Å². The number of aliphatic imine (C=N–C) groups is 1. The zero-order chi connectivity index (χ0) is 21.1. The largest absolute Gasteiger partial charge is 0.469 e. The number of ether oxygens (including phenoxy) is 1. The Labute approximate surface area is 177 Å². The third-order valence-corrected chi connectivity index (χ3v) is 6.09. The molecule has 2 aromatic carbocycles. The van der Waals surface area contributed by atoms with E-state index in [1.807, 2.05) is 36.5 Å². The van der Waals surface area contributed by atoms with Gasteiger partial charge in [0, 0.05) is 23.6 Å². The maximum Gasteiger partial charge on any atom is 0.307 e. The lowest BCUT2D eigenvalue weighted by Crippen LogP contribution is -2.34. The molecule has 2 heterocycles. The van der Waals surface area contributed by atoms with Crippen molar-refractivity contribution >= 4 is 45.4 Å². The third-order valence-electron chi connectivity index (χ3n) is 4.91. The normalized spacial score (nSPS) is 17.8. The number of aromatic amines is 1. The highest BCUT2D eigenvalue weighted by Gasteiger charge is 2.39. The number of halogens is 1. The van der Waals surface area contributed by atoms with E-state index < -0.39 is 11.2 Å². The summed E-state index contributed by atoms with van der Waals surface area (Å²) in [6.45, 7) is 0.402. The van der Waals surface area contributed by atoms with Crippen LogP contribution in [0.4, 0.5) is 10.1 Å². The van der Waals surface area contributed by atoms with Crippen LogP contribution in [0.25, 0.3) is 10.9 Å². The summed E-state index contributed by atoms with van der Waals surface area (Å²) in [5.74, 6) is -0.892. The first-order valence-electron chi connectivity index (χ1n) is 9.49. The minimum absolute atomic E-state index is 0.00330. The summed E-state index contributed by atoms with van der Waals surface area (Å²) in [6.07, 6.45) is 2.39. The Morgan fingerprint density at radius 1 is 1.27 bits per heavy atom. The molecule has 1 N–H and O–H groups in total. The number of aromatic nitrogens is 1. The summed E-state index contributed by atoms with van der Waals surface area (Å²) in [7, 11) is 1.31. The molecule has 0 unspecified atom stereocenters. The average molecular weight is 425 g/mol. The molecule has 0 aliphatic carbocycles. The first-order valence-corrected chi connectivity index (χ1v) is 10.4. The molecule has 8 heteroatoms. The lowest BCUT2D eigenvalue weighted by atomic mass is 10.1. The third kappa shape index (κ3) is 4.23. The Balaban J connectivity index is 1.57. The fourth-order valence-corrected chi connectivity index (χ4v) is 4.54. The maximum atomic E-state index is 13.4. The molecule has 6 nitrogen and oxygen atoms in total. The molecule has 3 aromatic rings. The number of amides is 1. The molecule has 0 spiro atoms. The van der Waals surface area contributed by atoms with E-state index in [1.165, 1.54) is 31.0 Å². The second-order valence-corrected chi connectivity index (χ2v) is 8.03. The number of nitrogens with one attached hydrogen (secondary N) is 1. The summed E-state index contributed by atoms with van der Waals surface area (Å²) in [6, 6.07) is 14.0. The number of carbonyl (C=O) groups is 2. The van der Waals surface area contributed by atoms with Gasteiger partial charge in [-0.2, -0.15) is 0 Å². The van der Waals surface area contributed by atoms with E-state index in [0.717, 1.165) is 16.6 Å². The Bertz CT molecular complexity index is 1110. The van der Waals surface area contributed by atoms with E-state index in [9.17, 15) is 14.0 Å². The van der Waals surface area contributed by atoms with E-state index in [0.29, 0.717) is 23.6 Å². The molecule has 30 heavy (non-hydrogen) atoms. The molecule has 0 saturated carbocycles. The number of para-hydroxylation sites is 1. The summed E-state index contributed by atoms with van der Waals surface area (Å²) < 4.78 is 18.2. The number of H-pyrrole nitrogens is 1. The van der Waals surface area contributed by atoms with Crippen LogP contribution in [0.5, 0.6) is 0 Å². The summed E-state index contributed by atoms with van der Waals surface area (Å²) in [5.41, 5.74) is 2.44. The highest BCUT2D eigenvalue weighted by Crippen LogP contribution is 2.32. The number of carbonyl (C=O) groups excluding carboxylic acids is 2. The molecule has 1 amide bonds. The first kappa shape index (κ1) is 20.2. The van der Waals surface area contributed by atoms with Gasteiger partial charge in [-0.1, -0.05) is 30.0 Å². The number of fused-ring (bicyclic) bond motifs is 1. The predicted molar refractivity (Wildman–Crippen MR) is 115 cm³/mol. The van der Waals surface area contributed by atoms with Crippen molar-refractivity contribution in [2.75, 3.05) is 13.7 Å². The van der Waals surface area contributed by atoms with Crippen molar-refractivity contribution < 1.29 is 18.7 Å². The zero-order valence-corrected chi connectivity index (χ0v) is 17.1. The number of hydrogen-bond acceptors (Lipinski definition) is 5. The van der Waals surface area contributed by atoms with Crippen molar-refractivity contribution in [1.29, 1.82) is 0 Å². The fraction of sp³-hybridized carbons (Fsp3) is 0.227. The first-order chi connectivity index (χ1) is 14.5. The summed E-state index contributed by atoms with van der Waals surface area (Å²) in [4.78, 5) is 34.0. The van der Waals surface area contributed by atoms with Crippen molar-refractivity contribution in [3.8, 4) is 0 Å². The predicted octanol–water partition coefficient (Wildman–Crippen LogP) is 4.04. The number of hydrogen-bond donors (Lipinski definition) is 1. The number of rotatable bonds is 6. The standard InChI is InChI=1S/C22H20FN3O3S/c1-29-20(27)12-19-21(28)26(22(30-19)25-16-5-3-2-4-6-16)10-9-14-13-24-18-11-15(23)7-8-17(14)18/h2-8,11,13,19,24H,9-10,12H2,1H3/t19-/m0/s1. The molecule has 154 valence electrons. The Morgan fingerprint density at radius 3 is 2.83 bits per heavy atom. The van der Waals surface area contributed by atoms with Crippen LogP contribution in [0.15, 0.2) is 59.7 Å². The van der Waals surface area contributed by atoms with Crippen LogP contribution >= 0.6 is 11.8 Å². The highest BCUT2D eigenvalue weighted by molar-refractivity contribution is 8.15. The number of methoxy groups -OCH3 is 1. The maximum absolute atomic E-state index is 13.4. The van der Waals surface area contributed by atoms with Gasteiger partial charge in [-0.3, -0.25) is 14.5 Å².